The predicted octanol–water partition coefficient (Wildman–Crippen LogP) is 0.954. The number of carboxylic acids is 1. The van der Waals surface area contributed by atoms with Crippen molar-refractivity contribution in [2.75, 3.05) is 13.6 Å². The molecule has 0 atom stereocenters. The molecule has 0 bridgehead atoms. The molecule has 0 saturated heterocycles. The minimum absolute atomic E-state index is 0.187. The molecular formula is C7H16N2O2S. The molecule has 0 radical (unpaired) electrons. The zero-order chi connectivity index (χ0) is 9.56. The number of hydrogen-bond donors (Lipinski definition) is 2. The first-order valence-corrected chi connectivity index (χ1v) is 4.67. The van der Waals surface area contributed by atoms with Crippen molar-refractivity contribution in [2.24, 2.45) is 0 Å². The molecule has 0 aromatic heterocycles. The van der Waals surface area contributed by atoms with E-state index < -0.39 is 5.97 Å². The van der Waals surface area contributed by atoms with Crippen molar-refractivity contribution in [3.8, 4) is 0 Å². The lowest BCUT2D eigenvalue weighted by molar-refractivity contribution is -0.137. The number of carboxylic acid groups (broad SMARTS) is 1. The van der Waals surface area contributed by atoms with E-state index >= 15 is 0 Å². The molecule has 0 aromatic rings. The van der Waals surface area contributed by atoms with E-state index in [1.807, 2.05) is 25.2 Å². The minimum Gasteiger partial charge on any atom is -0.481 e. The number of aliphatic carboxylic acids is 1. The van der Waals surface area contributed by atoms with Gasteiger partial charge in [0, 0.05) is 24.7 Å². The minimum atomic E-state index is -0.752. The van der Waals surface area contributed by atoms with Gasteiger partial charge in [0.15, 0.2) is 0 Å². The van der Waals surface area contributed by atoms with E-state index in [1.165, 1.54) is 12.1 Å². The van der Waals surface area contributed by atoms with Crippen molar-refractivity contribution in [1.82, 2.24) is 9.03 Å². The summed E-state index contributed by atoms with van der Waals surface area (Å²) >= 11 is 1.45. The van der Waals surface area contributed by atoms with E-state index in [2.05, 4.69) is 4.72 Å². The van der Waals surface area contributed by atoms with Gasteiger partial charge < -0.3 is 5.11 Å². The van der Waals surface area contributed by atoms with Crippen LogP contribution in [-0.4, -0.2) is 35.0 Å². The molecule has 2 N–H and O–H groups in total. The Morgan fingerprint density at radius 2 is 2.25 bits per heavy atom. The van der Waals surface area contributed by atoms with Crippen LogP contribution in [0.2, 0.25) is 0 Å². The van der Waals surface area contributed by atoms with E-state index in [9.17, 15) is 4.79 Å². The van der Waals surface area contributed by atoms with Crippen LogP contribution < -0.4 is 4.72 Å². The van der Waals surface area contributed by atoms with Crippen molar-refractivity contribution < 1.29 is 9.90 Å². The smallest absolute Gasteiger partial charge is 0.304 e. The molecule has 0 aliphatic rings. The SMILES string of the molecule is CNSN(CCC(=O)O)C(C)C. The number of nitrogens with one attached hydrogen (secondary N) is 1. The first-order chi connectivity index (χ1) is 5.57. The number of rotatable bonds is 6. The topological polar surface area (TPSA) is 52.6 Å². The van der Waals surface area contributed by atoms with E-state index in [4.69, 9.17) is 5.11 Å². The standard InChI is InChI=1S/C7H16N2O2S/c1-6(2)9(12-8-3)5-4-7(10)11/h6,8H,4-5H2,1-3H3,(H,10,11). The maximum absolute atomic E-state index is 10.3. The molecule has 0 spiro atoms. The first kappa shape index (κ1) is 11.7. The van der Waals surface area contributed by atoms with E-state index in [0.717, 1.165) is 0 Å². The number of carbonyl (C=O) groups is 1. The summed E-state index contributed by atoms with van der Waals surface area (Å²) < 4.78 is 4.92. The maximum atomic E-state index is 10.3. The van der Waals surface area contributed by atoms with Gasteiger partial charge in [0.05, 0.1) is 6.42 Å². The molecular weight excluding hydrogens is 176 g/mol. The van der Waals surface area contributed by atoms with Crippen LogP contribution in [0.3, 0.4) is 0 Å². The van der Waals surface area contributed by atoms with Crippen LogP contribution in [0, 0.1) is 0 Å². The fraction of sp³-hybridized carbons (Fsp3) is 0.857. The molecule has 0 aliphatic carbocycles. The van der Waals surface area contributed by atoms with Gasteiger partial charge in [-0.2, -0.15) is 0 Å². The Balaban J connectivity index is 3.70. The lowest BCUT2D eigenvalue weighted by Crippen LogP contribution is -2.29. The maximum Gasteiger partial charge on any atom is 0.304 e. The summed E-state index contributed by atoms with van der Waals surface area (Å²) in [6, 6.07) is 0.349. The predicted molar refractivity (Wildman–Crippen MR) is 50.7 cm³/mol. The Bertz CT molecular complexity index is 141. The highest BCUT2D eigenvalue weighted by atomic mass is 32.2. The number of nitrogens with zero attached hydrogens (tertiary/aromatic N) is 1. The van der Waals surface area contributed by atoms with E-state index in [-0.39, 0.29) is 6.42 Å². The Labute approximate surface area is 77.6 Å². The molecule has 0 amide bonds. The molecule has 72 valence electrons. The fourth-order valence-corrected chi connectivity index (χ4v) is 1.36. The zero-order valence-corrected chi connectivity index (χ0v) is 8.52. The highest BCUT2D eigenvalue weighted by Gasteiger charge is 2.10. The summed E-state index contributed by atoms with van der Waals surface area (Å²) in [5.41, 5.74) is 0. The van der Waals surface area contributed by atoms with Crippen LogP contribution in [0.15, 0.2) is 0 Å². The van der Waals surface area contributed by atoms with Crippen molar-refractivity contribution in [1.29, 1.82) is 0 Å². The third kappa shape index (κ3) is 5.40. The largest absolute Gasteiger partial charge is 0.481 e. The van der Waals surface area contributed by atoms with E-state index in [0.29, 0.717) is 12.6 Å². The second kappa shape index (κ2) is 6.28. The van der Waals surface area contributed by atoms with Gasteiger partial charge in [-0.1, -0.05) is 0 Å². The summed E-state index contributed by atoms with van der Waals surface area (Å²) in [4.78, 5) is 10.3. The van der Waals surface area contributed by atoms with Crippen LogP contribution >= 0.6 is 12.1 Å². The van der Waals surface area contributed by atoms with Gasteiger partial charge in [-0.05, 0) is 20.9 Å². The van der Waals surface area contributed by atoms with E-state index in [1.54, 1.807) is 0 Å². The molecule has 0 heterocycles. The third-order valence-corrected chi connectivity index (χ3v) is 2.35. The van der Waals surface area contributed by atoms with Gasteiger partial charge in [-0.25, -0.2) is 4.31 Å². The second-order valence-electron chi connectivity index (χ2n) is 2.67. The highest BCUT2D eigenvalue weighted by molar-refractivity contribution is 7.95. The van der Waals surface area contributed by atoms with Crippen molar-refractivity contribution in [3.63, 3.8) is 0 Å². The normalized spacial score (nSPS) is 11.1. The van der Waals surface area contributed by atoms with Gasteiger partial charge in [0.25, 0.3) is 0 Å². The van der Waals surface area contributed by atoms with Crippen molar-refractivity contribution in [3.05, 3.63) is 0 Å². The van der Waals surface area contributed by atoms with Gasteiger partial charge >= 0.3 is 5.97 Å². The average molecular weight is 192 g/mol. The molecule has 0 aliphatic heterocycles. The Morgan fingerprint density at radius 1 is 1.67 bits per heavy atom. The van der Waals surface area contributed by atoms with Crippen LogP contribution in [0.1, 0.15) is 20.3 Å². The molecule has 12 heavy (non-hydrogen) atoms. The van der Waals surface area contributed by atoms with Crippen LogP contribution in [-0.2, 0) is 4.79 Å². The lowest BCUT2D eigenvalue weighted by atomic mass is 10.3. The van der Waals surface area contributed by atoms with Crippen molar-refractivity contribution >= 4 is 18.1 Å². The van der Waals surface area contributed by atoms with Gasteiger partial charge in [-0.15, -0.1) is 0 Å². The first-order valence-electron chi connectivity index (χ1n) is 3.90. The molecule has 0 rings (SSSR count). The highest BCUT2D eigenvalue weighted by Crippen LogP contribution is 2.10. The summed E-state index contributed by atoms with van der Waals surface area (Å²) in [7, 11) is 1.82. The van der Waals surface area contributed by atoms with Crippen LogP contribution in [0.25, 0.3) is 0 Å². The molecule has 4 nitrogen and oxygen atoms in total. The Kier molecular flexibility index (Phi) is 6.14. The molecule has 0 unspecified atom stereocenters. The summed E-state index contributed by atoms with van der Waals surface area (Å²) in [6.45, 7) is 4.64. The Morgan fingerprint density at radius 3 is 2.58 bits per heavy atom. The fourth-order valence-electron chi connectivity index (χ4n) is 0.732. The Hall–Kier alpha value is -0.260. The summed E-state index contributed by atoms with van der Waals surface area (Å²) in [5, 5.41) is 8.46. The van der Waals surface area contributed by atoms with Gasteiger partial charge in [0.1, 0.15) is 0 Å². The quantitative estimate of drug-likeness (QED) is 0.614. The number of hydrogen-bond acceptors (Lipinski definition) is 4. The molecule has 5 heteroatoms. The van der Waals surface area contributed by atoms with Crippen LogP contribution in [0.5, 0.6) is 0 Å². The second-order valence-corrected chi connectivity index (χ2v) is 3.73. The van der Waals surface area contributed by atoms with Gasteiger partial charge in [0.2, 0.25) is 0 Å². The molecule has 0 aromatic carbocycles. The third-order valence-electron chi connectivity index (χ3n) is 1.33. The monoisotopic (exact) mass is 192 g/mol. The van der Waals surface area contributed by atoms with Crippen molar-refractivity contribution in [2.45, 2.75) is 26.3 Å². The summed E-state index contributed by atoms with van der Waals surface area (Å²) in [6.07, 6.45) is 0.187. The lowest BCUT2D eigenvalue weighted by Gasteiger charge is -2.23. The molecule has 0 saturated carbocycles. The zero-order valence-electron chi connectivity index (χ0n) is 7.70. The van der Waals surface area contributed by atoms with Crippen LogP contribution in [0.4, 0.5) is 0 Å². The summed E-state index contributed by atoms with van der Waals surface area (Å²) in [5.74, 6) is -0.752. The molecule has 0 fully saturated rings. The van der Waals surface area contributed by atoms with Gasteiger partial charge in [-0.3, -0.25) is 9.52 Å². The average Bonchev–Trinajstić information content (AvgIpc) is 1.96.